The standard InChI is InChI=1S/C26H21ClF2N6O2/c27-17-11-14(28)12-18(29)15(17)5-6-19-22-24(34-33-19)32-25(20(13-36)31-22)35-9-7-26(8-10-35)23(30)16-3-1-2-4-21(16)37-26/h1-4,11-12,23,36H,7-10,13,30H2,(H,32,33,34)/t23-/m1/s1. The molecule has 0 bridgehead atoms. The van der Waals surface area contributed by atoms with E-state index >= 15 is 0 Å². The third-order valence-electron chi connectivity index (χ3n) is 6.95. The molecule has 1 fully saturated rings. The molecule has 0 aliphatic carbocycles. The van der Waals surface area contributed by atoms with Crippen molar-refractivity contribution in [2.24, 2.45) is 5.73 Å². The summed E-state index contributed by atoms with van der Waals surface area (Å²) in [5, 5.41) is 16.9. The van der Waals surface area contributed by atoms with E-state index in [1.807, 2.05) is 29.2 Å². The van der Waals surface area contributed by atoms with E-state index in [2.05, 4.69) is 32.0 Å². The molecule has 1 atom stereocenters. The number of hydrogen-bond donors (Lipinski definition) is 3. The van der Waals surface area contributed by atoms with Gasteiger partial charge in [-0.1, -0.05) is 35.7 Å². The second-order valence-electron chi connectivity index (χ2n) is 9.09. The first-order valence-corrected chi connectivity index (χ1v) is 12.1. The molecule has 1 spiro atoms. The van der Waals surface area contributed by atoms with Gasteiger partial charge in [0.2, 0.25) is 0 Å². The van der Waals surface area contributed by atoms with Crippen molar-refractivity contribution in [2.45, 2.75) is 31.1 Å². The van der Waals surface area contributed by atoms with Crippen LogP contribution < -0.4 is 15.4 Å². The van der Waals surface area contributed by atoms with Crippen LogP contribution in [-0.2, 0) is 6.61 Å². The van der Waals surface area contributed by atoms with E-state index in [9.17, 15) is 13.9 Å². The first kappa shape index (κ1) is 23.6. The second-order valence-corrected chi connectivity index (χ2v) is 9.49. The second kappa shape index (κ2) is 8.95. The minimum Gasteiger partial charge on any atom is -0.485 e. The summed E-state index contributed by atoms with van der Waals surface area (Å²) < 4.78 is 33.8. The number of benzene rings is 2. The number of nitrogens with zero attached hydrogens (tertiary/aromatic N) is 4. The summed E-state index contributed by atoms with van der Waals surface area (Å²) in [6, 6.07) is 9.31. The van der Waals surface area contributed by atoms with E-state index in [4.69, 9.17) is 22.1 Å². The molecule has 4 aromatic rings. The first-order valence-electron chi connectivity index (χ1n) is 11.7. The quantitative estimate of drug-likeness (QED) is 0.345. The smallest absolute Gasteiger partial charge is 0.177 e. The molecular formula is C26H21ClF2N6O2. The van der Waals surface area contributed by atoms with E-state index in [0.717, 1.165) is 17.4 Å². The van der Waals surface area contributed by atoms with Crippen molar-refractivity contribution in [3.05, 3.63) is 75.6 Å². The molecule has 188 valence electrons. The molecule has 8 nitrogen and oxygen atoms in total. The monoisotopic (exact) mass is 522 g/mol. The van der Waals surface area contributed by atoms with Gasteiger partial charge < -0.3 is 20.5 Å². The largest absolute Gasteiger partial charge is 0.485 e. The molecule has 2 aliphatic heterocycles. The molecule has 4 N–H and O–H groups in total. The fraction of sp³-hybridized carbons (Fsp3) is 0.269. The summed E-state index contributed by atoms with van der Waals surface area (Å²) in [6.07, 6.45) is 1.36. The van der Waals surface area contributed by atoms with Crippen LogP contribution in [0.5, 0.6) is 5.75 Å². The predicted octanol–water partition coefficient (Wildman–Crippen LogP) is 3.61. The van der Waals surface area contributed by atoms with Gasteiger partial charge in [-0.2, -0.15) is 5.10 Å². The fourth-order valence-corrected chi connectivity index (χ4v) is 5.24. The number of halogens is 3. The highest BCUT2D eigenvalue weighted by Gasteiger charge is 2.48. The van der Waals surface area contributed by atoms with Gasteiger partial charge in [-0.25, -0.2) is 18.7 Å². The van der Waals surface area contributed by atoms with Gasteiger partial charge in [0.25, 0.3) is 0 Å². The number of fused-ring (bicyclic) bond motifs is 2. The third-order valence-corrected chi connectivity index (χ3v) is 7.25. The number of piperidine rings is 1. The SMILES string of the molecule is N[C@@H]1c2ccccc2OC12CCN(c1nc3[nH]nc(C#Cc4c(F)cc(F)cc4Cl)c3nc1CO)CC2. The van der Waals surface area contributed by atoms with E-state index in [1.54, 1.807) is 0 Å². The van der Waals surface area contributed by atoms with Gasteiger partial charge in [0.05, 0.1) is 23.2 Å². The lowest BCUT2D eigenvalue weighted by Crippen LogP contribution is -2.51. The Hall–Kier alpha value is -3.78. The Morgan fingerprint density at radius 1 is 1.19 bits per heavy atom. The Morgan fingerprint density at radius 2 is 1.97 bits per heavy atom. The molecule has 2 aromatic heterocycles. The number of rotatable bonds is 2. The Morgan fingerprint density at radius 3 is 2.70 bits per heavy atom. The minimum atomic E-state index is -0.876. The number of aliphatic hydroxyl groups excluding tert-OH is 1. The van der Waals surface area contributed by atoms with E-state index in [-0.39, 0.29) is 28.9 Å². The zero-order valence-corrected chi connectivity index (χ0v) is 20.2. The van der Waals surface area contributed by atoms with Crippen LogP contribution in [0, 0.1) is 23.5 Å². The number of hydrogen-bond acceptors (Lipinski definition) is 7. The molecule has 0 saturated carbocycles. The number of ether oxygens (including phenoxy) is 1. The number of nitrogens with two attached hydrogens (primary N) is 1. The number of aromatic nitrogens is 4. The predicted molar refractivity (Wildman–Crippen MR) is 133 cm³/mol. The topological polar surface area (TPSA) is 113 Å². The summed E-state index contributed by atoms with van der Waals surface area (Å²) in [5.41, 5.74) is 8.21. The molecule has 37 heavy (non-hydrogen) atoms. The van der Waals surface area contributed by atoms with Gasteiger partial charge in [-0.3, -0.25) is 5.10 Å². The van der Waals surface area contributed by atoms with Gasteiger partial charge in [0, 0.05) is 37.6 Å². The number of nitrogens with one attached hydrogen (secondary N) is 1. The van der Waals surface area contributed by atoms with Crippen LogP contribution in [0.25, 0.3) is 11.2 Å². The fourth-order valence-electron chi connectivity index (χ4n) is 5.00. The number of anilines is 1. The Balaban J connectivity index is 1.27. The van der Waals surface area contributed by atoms with Crippen molar-refractivity contribution in [2.75, 3.05) is 18.0 Å². The Labute approximate surface area is 215 Å². The summed E-state index contributed by atoms with van der Waals surface area (Å²) in [4.78, 5) is 11.2. The van der Waals surface area contributed by atoms with Crippen LogP contribution in [0.15, 0.2) is 36.4 Å². The average molecular weight is 523 g/mol. The van der Waals surface area contributed by atoms with Crippen molar-refractivity contribution in [1.29, 1.82) is 0 Å². The van der Waals surface area contributed by atoms with Crippen molar-refractivity contribution >= 4 is 28.6 Å². The van der Waals surface area contributed by atoms with Gasteiger partial charge in [-0.05, 0) is 18.1 Å². The normalized spacial score (nSPS) is 18.0. The molecule has 0 unspecified atom stereocenters. The van der Waals surface area contributed by atoms with Crippen LogP contribution in [0.1, 0.15) is 41.4 Å². The summed E-state index contributed by atoms with van der Waals surface area (Å²) >= 11 is 5.93. The van der Waals surface area contributed by atoms with Crippen molar-refractivity contribution in [3.63, 3.8) is 0 Å². The number of aromatic amines is 1. The van der Waals surface area contributed by atoms with Crippen LogP contribution in [-0.4, -0.2) is 44.0 Å². The van der Waals surface area contributed by atoms with Crippen molar-refractivity contribution in [1.82, 2.24) is 20.2 Å². The molecule has 2 aliphatic rings. The first-order chi connectivity index (χ1) is 17.9. The summed E-state index contributed by atoms with van der Waals surface area (Å²) in [6.45, 7) is 0.869. The lowest BCUT2D eigenvalue weighted by atomic mass is 9.83. The maximum Gasteiger partial charge on any atom is 0.177 e. The average Bonchev–Trinajstić information content (AvgIpc) is 3.41. The lowest BCUT2D eigenvalue weighted by Gasteiger charge is -2.41. The molecule has 0 amide bonds. The van der Waals surface area contributed by atoms with Crippen LogP contribution in [0.3, 0.4) is 0 Å². The molecule has 2 aromatic carbocycles. The maximum absolute atomic E-state index is 14.1. The summed E-state index contributed by atoms with van der Waals surface area (Å²) in [5.74, 6) is 4.99. The molecule has 11 heteroatoms. The van der Waals surface area contributed by atoms with E-state index in [0.29, 0.717) is 54.7 Å². The van der Waals surface area contributed by atoms with Gasteiger partial charge in [-0.15, -0.1) is 0 Å². The van der Waals surface area contributed by atoms with E-state index < -0.39 is 17.2 Å². The highest BCUT2D eigenvalue weighted by Crippen LogP contribution is 2.47. The van der Waals surface area contributed by atoms with Gasteiger partial charge >= 0.3 is 0 Å². The van der Waals surface area contributed by atoms with Crippen LogP contribution >= 0.6 is 11.6 Å². The Kier molecular flexibility index (Phi) is 5.71. The molecule has 1 saturated heterocycles. The van der Waals surface area contributed by atoms with Crippen LogP contribution in [0.2, 0.25) is 5.02 Å². The molecular weight excluding hydrogens is 502 g/mol. The van der Waals surface area contributed by atoms with Gasteiger partial charge in [0.1, 0.15) is 34.2 Å². The van der Waals surface area contributed by atoms with E-state index in [1.165, 1.54) is 0 Å². The Bertz CT molecular complexity index is 1570. The zero-order valence-electron chi connectivity index (χ0n) is 19.4. The third kappa shape index (κ3) is 3.96. The highest BCUT2D eigenvalue weighted by atomic mass is 35.5. The molecule has 6 rings (SSSR count). The number of para-hydroxylation sites is 1. The van der Waals surface area contributed by atoms with Crippen molar-refractivity contribution in [3.8, 4) is 17.6 Å². The number of aliphatic hydroxyl groups is 1. The highest BCUT2D eigenvalue weighted by molar-refractivity contribution is 6.31. The summed E-state index contributed by atoms with van der Waals surface area (Å²) in [7, 11) is 0. The molecule has 4 heterocycles. The van der Waals surface area contributed by atoms with Gasteiger partial charge in [0.15, 0.2) is 17.2 Å². The lowest BCUT2D eigenvalue weighted by molar-refractivity contribution is 0.0430. The minimum absolute atomic E-state index is 0.147. The molecule has 0 radical (unpaired) electrons. The zero-order chi connectivity index (χ0) is 25.7. The number of H-pyrrole nitrogens is 1. The van der Waals surface area contributed by atoms with Crippen LogP contribution in [0.4, 0.5) is 14.6 Å². The van der Waals surface area contributed by atoms with Crippen molar-refractivity contribution < 1.29 is 18.6 Å². The maximum atomic E-state index is 14.1.